The second kappa shape index (κ2) is 7.81. The Balaban J connectivity index is 1.59. The number of nitrogens with zero attached hydrogens (tertiary/aromatic N) is 3. The Labute approximate surface area is 163 Å². The second-order valence-electron chi connectivity index (χ2n) is 7.32. The third-order valence-electron chi connectivity index (χ3n) is 5.44. The van der Waals surface area contributed by atoms with Crippen LogP contribution in [0.5, 0.6) is 0 Å². The molecule has 0 saturated carbocycles. The van der Waals surface area contributed by atoms with Crippen LogP contribution in [0.2, 0.25) is 0 Å². The lowest BCUT2D eigenvalue weighted by atomic mass is 9.99. The second-order valence-corrected chi connectivity index (χ2v) is 8.95. The summed E-state index contributed by atoms with van der Waals surface area (Å²) in [7, 11) is -3.68. The van der Waals surface area contributed by atoms with Crippen molar-refractivity contribution in [2.24, 2.45) is 0 Å². The molecule has 3 atom stereocenters. The molecular weight excluding hydrogens is 394 g/mol. The van der Waals surface area contributed by atoms with Crippen molar-refractivity contribution in [3.05, 3.63) is 5.21 Å². The Morgan fingerprint density at radius 2 is 1.86 bits per heavy atom. The van der Waals surface area contributed by atoms with Crippen molar-refractivity contribution in [2.45, 2.75) is 50.7 Å². The summed E-state index contributed by atoms with van der Waals surface area (Å²) in [4.78, 5) is 39.6. The van der Waals surface area contributed by atoms with Crippen LogP contribution in [0.15, 0.2) is 0 Å². The molecule has 3 saturated heterocycles. The van der Waals surface area contributed by atoms with E-state index in [0.29, 0.717) is 43.8 Å². The molecule has 13 heteroatoms. The molecule has 12 nitrogen and oxygen atoms in total. The predicted octanol–water partition coefficient (Wildman–Crippen LogP) is -2.43. The summed E-state index contributed by atoms with van der Waals surface area (Å²) in [5.74, 6) is -0.296. The summed E-state index contributed by atoms with van der Waals surface area (Å²) >= 11 is 0. The third-order valence-corrected chi connectivity index (χ3v) is 6.50. The van der Waals surface area contributed by atoms with Crippen LogP contribution >= 0.6 is 0 Å². The molecule has 0 radical (unpaired) electrons. The zero-order valence-corrected chi connectivity index (χ0v) is 16.6. The molecule has 3 heterocycles. The van der Waals surface area contributed by atoms with Crippen molar-refractivity contribution < 1.29 is 31.6 Å². The topological polar surface area (TPSA) is 144 Å². The highest BCUT2D eigenvalue weighted by atomic mass is 32.2. The Bertz CT molecular complexity index is 750. The number of carbonyl (C=O) groups excluding carboxylic acids is 3. The highest BCUT2D eigenvalue weighted by Gasteiger charge is 2.50. The van der Waals surface area contributed by atoms with E-state index in [1.807, 2.05) is 0 Å². The fourth-order valence-corrected chi connectivity index (χ4v) is 4.30. The van der Waals surface area contributed by atoms with Crippen LogP contribution in [0, 0.1) is 5.21 Å². The standard InChI is InChI=1S/C15H25N5O7S/c1-10(21)18-7-5-11(6-8-18)16-14(22)13-4-3-12-9-19(13)15(23)20(12)27-28(25,26)17(2)24/h11-13,17H,3-9H2,1-2H3,(H,16,22)/t12-,13+/m1/s1. The van der Waals surface area contributed by atoms with Gasteiger partial charge in [0.2, 0.25) is 11.8 Å². The first-order valence-corrected chi connectivity index (χ1v) is 10.6. The number of amides is 4. The lowest BCUT2D eigenvalue weighted by Crippen LogP contribution is -3.06. The van der Waals surface area contributed by atoms with Gasteiger partial charge in [-0.25, -0.2) is 9.26 Å². The van der Waals surface area contributed by atoms with Crippen LogP contribution in [-0.4, -0.2) is 85.9 Å². The average molecular weight is 419 g/mol. The lowest BCUT2D eigenvalue weighted by molar-refractivity contribution is -0.689. The average Bonchev–Trinajstić information content (AvgIpc) is 2.86. The van der Waals surface area contributed by atoms with Crippen molar-refractivity contribution in [1.82, 2.24) is 20.2 Å². The van der Waals surface area contributed by atoms with E-state index in [-0.39, 0.29) is 24.4 Å². The van der Waals surface area contributed by atoms with Crippen LogP contribution in [0.4, 0.5) is 4.79 Å². The number of hydrogen-bond acceptors (Lipinski definition) is 7. The van der Waals surface area contributed by atoms with Crippen LogP contribution in [0.1, 0.15) is 32.6 Å². The molecule has 4 amide bonds. The molecule has 158 valence electrons. The normalized spacial score (nSPS) is 27.1. The molecule has 0 aliphatic carbocycles. The van der Waals surface area contributed by atoms with Gasteiger partial charge in [0.15, 0.2) is 0 Å². The molecule has 0 aromatic heterocycles. The van der Waals surface area contributed by atoms with Gasteiger partial charge in [-0.3, -0.25) is 9.59 Å². The maximum atomic E-state index is 12.7. The van der Waals surface area contributed by atoms with Gasteiger partial charge in [-0.15, -0.1) is 8.42 Å². The number of nitrogens with one attached hydrogen (secondary N) is 2. The van der Waals surface area contributed by atoms with Gasteiger partial charge in [0.25, 0.3) is 0 Å². The summed E-state index contributed by atoms with van der Waals surface area (Å²) in [6.45, 7) is 2.81. The van der Waals surface area contributed by atoms with Crippen molar-refractivity contribution in [2.75, 3.05) is 26.7 Å². The van der Waals surface area contributed by atoms with Crippen LogP contribution < -0.4 is 9.79 Å². The molecule has 0 spiro atoms. The molecule has 0 aromatic carbocycles. The van der Waals surface area contributed by atoms with E-state index in [1.54, 1.807) is 4.90 Å². The largest absolute Gasteiger partial charge is 0.617 e. The quantitative estimate of drug-likeness (QED) is 0.472. The number of fused-ring (bicyclic) bond motifs is 2. The fourth-order valence-electron chi connectivity index (χ4n) is 3.80. The van der Waals surface area contributed by atoms with Crippen molar-refractivity contribution in [1.29, 1.82) is 0 Å². The minimum atomic E-state index is -4.52. The minimum Gasteiger partial charge on any atom is -0.617 e. The van der Waals surface area contributed by atoms with Gasteiger partial charge in [-0.05, 0) is 25.7 Å². The van der Waals surface area contributed by atoms with E-state index < -0.39 is 32.9 Å². The van der Waals surface area contributed by atoms with Gasteiger partial charge in [-0.2, -0.15) is 5.06 Å². The van der Waals surface area contributed by atoms with Crippen molar-refractivity contribution in [3.8, 4) is 0 Å². The molecule has 1 unspecified atom stereocenters. The van der Waals surface area contributed by atoms with E-state index in [4.69, 9.17) is 4.28 Å². The molecule has 28 heavy (non-hydrogen) atoms. The number of urea groups is 1. The predicted molar refractivity (Wildman–Crippen MR) is 94.4 cm³/mol. The maximum absolute atomic E-state index is 12.7. The first kappa shape index (κ1) is 20.8. The van der Waals surface area contributed by atoms with Gasteiger partial charge in [0, 0.05) is 32.6 Å². The minimum absolute atomic E-state index is 0.00590. The number of hydrogen-bond donors (Lipinski definition) is 2. The molecule has 2 N–H and O–H groups in total. The first-order valence-electron chi connectivity index (χ1n) is 9.21. The number of piperidine rings is 2. The van der Waals surface area contributed by atoms with E-state index in [0.717, 1.165) is 7.05 Å². The van der Waals surface area contributed by atoms with E-state index in [9.17, 15) is 28.0 Å². The summed E-state index contributed by atoms with van der Waals surface area (Å²) in [5.41, 5.74) is 0. The van der Waals surface area contributed by atoms with E-state index >= 15 is 0 Å². The Morgan fingerprint density at radius 3 is 2.43 bits per heavy atom. The van der Waals surface area contributed by atoms with E-state index in [1.165, 1.54) is 11.8 Å². The third kappa shape index (κ3) is 4.06. The highest BCUT2D eigenvalue weighted by Crippen LogP contribution is 2.30. The molecular formula is C15H25N5O7S. The number of carbonyl (C=O) groups is 3. The fraction of sp³-hybridized carbons (Fsp3) is 0.800. The Kier molecular flexibility index (Phi) is 5.79. The van der Waals surface area contributed by atoms with E-state index in [2.05, 4.69) is 5.32 Å². The van der Waals surface area contributed by atoms with Gasteiger partial charge in [0.05, 0.1) is 13.1 Å². The van der Waals surface area contributed by atoms with Gasteiger partial charge >= 0.3 is 16.3 Å². The number of quaternary nitrogens is 1. The smallest absolute Gasteiger partial charge is 0.455 e. The van der Waals surface area contributed by atoms with Crippen LogP contribution in [0.3, 0.4) is 0 Å². The Hall–Kier alpha value is -1.96. The zero-order valence-electron chi connectivity index (χ0n) is 15.8. The summed E-state index contributed by atoms with van der Waals surface area (Å²) in [6.07, 6.45) is 2.03. The van der Waals surface area contributed by atoms with Gasteiger partial charge in [-0.1, -0.05) is 4.28 Å². The van der Waals surface area contributed by atoms with Crippen molar-refractivity contribution in [3.63, 3.8) is 0 Å². The summed E-state index contributed by atoms with van der Waals surface area (Å²) in [5, 5.41) is 14.8. The van der Waals surface area contributed by atoms with Gasteiger partial charge in [0.1, 0.15) is 6.04 Å². The Morgan fingerprint density at radius 1 is 1.21 bits per heavy atom. The molecule has 3 aliphatic heterocycles. The molecule has 3 fully saturated rings. The van der Waals surface area contributed by atoms with Crippen LogP contribution in [-0.2, 0) is 24.2 Å². The number of hydroxylamine groups is 3. The summed E-state index contributed by atoms with van der Waals surface area (Å²) in [6, 6.07) is -2.06. The number of rotatable bonds is 5. The summed E-state index contributed by atoms with van der Waals surface area (Å²) < 4.78 is 26.9. The monoisotopic (exact) mass is 419 g/mol. The van der Waals surface area contributed by atoms with Crippen LogP contribution in [0.25, 0.3) is 0 Å². The van der Waals surface area contributed by atoms with Gasteiger partial charge < -0.3 is 20.3 Å². The number of likely N-dealkylation sites (tertiary alicyclic amines) is 1. The zero-order chi connectivity index (χ0) is 20.6. The van der Waals surface area contributed by atoms with Crippen molar-refractivity contribution >= 4 is 28.1 Å². The molecule has 0 aromatic rings. The molecule has 3 aliphatic rings. The maximum Gasteiger partial charge on any atom is 0.455 e. The molecule has 3 rings (SSSR count). The first-order chi connectivity index (χ1) is 13.1. The highest BCUT2D eigenvalue weighted by molar-refractivity contribution is 7.80. The SMILES string of the molecule is CC(=O)N1CCC(NC(=O)[C@@H]2CC[C@@H]3CN2C(=O)N3OS(=O)(=O)[NH+](C)[O-])CC1. The lowest BCUT2D eigenvalue weighted by Gasteiger charge is -2.34. The molecule has 2 bridgehead atoms.